The van der Waals surface area contributed by atoms with Crippen molar-refractivity contribution in [2.75, 3.05) is 36.6 Å². The molecule has 0 saturated heterocycles. The molecule has 1 aromatic heterocycles. The zero-order chi connectivity index (χ0) is 12.0. The fourth-order valence-corrected chi connectivity index (χ4v) is 1.34. The number of nitrogens with two attached hydrogens (primary N) is 1. The van der Waals surface area contributed by atoms with Crippen LogP contribution in [0.25, 0.3) is 0 Å². The van der Waals surface area contributed by atoms with E-state index < -0.39 is 0 Å². The summed E-state index contributed by atoms with van der Waals surface area (Å²) in [5.74, 6) is 1.29. The lowest BCUT2D eigenvalue weighted by atomic mass is 10.3. The molecule has 0 aromatic carbocycles. The van der Waals surface area contributed by atoms with E-state index in [-0.39, 0.29) is 6.04 Å². The maximum absolute atomic E-state index is 5.92. The van der Waals surface area contributed by atoms with Crippen molar-refractivity contribution in [3.05, 3.63) is 6.33 Å². The summed E-state index contributed by atoms with van der Waals surface area (Å²) < 4.78 is 5.03. The number of rotatable bonds is 6. The highest BCUT2D eigenvalue weighted by Crippen LogP contribution is 2.22. The van der Waals surface area contributed by atoms with Gasteiger partial charge in [-0.15, -0.1) is 0 Å². The third-order valence-electron chi connectivity index (χ3n) is 2.03. The summed E-state index contributed by atoms with van der Waals surface area (Å²) in [6, 6.07) is 0.150. The molecule has 1 heterocycles. The first kappa shape index (κ1) is 12.5. The minimum Gasteiger partial charge on any atom is -0.393 e. The summed E-state index contributed by atoms with van der Waals surface area (Å²) in [7, 11) is 1.66. The summed E-state index contributed by atoms with van der Waals surface area (Å²) in [5.41, 5.74) is 6.46. The second kappa shape index (κ2) is 6.12. The monoisotopic (exact) mass is 225 g/mol. The van der Waals surface area contributed by atoms with Gasteiger partial charge in [0.05, 0.1) is 6.61 Å². The minimum atomic E-state index is 0.150. The van der Waals surface area contributed by atoms with Gasteiger partial charge in [-0.25, -0.2) is 9.97 Å². The fourth-order valence-electron chi connectivity index (χ4n) is 1.34. The predicted octanol–water partition coefficient (Wildman–Crippen LogP) is 0.937. The van der Waals surface area contributed by atoms with Gasteiger partial charge in [0, 0.05) is 19.7 Å². The maximum atomic E-state index is 5.92. The Labute approximate surface area is 95.6 Å². The number of nitrogens with one attached hydrogen (secondary N) is 2. The molecule has 4 N–H and O–H groups in total. The van der Waals surface area contributed by atoms with E-state index in [0.29, 0.717) is 23.9 Å². The molecule has 0 radical (unpaired) electrons. The van der Waals surface area contributed by atoms with E-state index in [1.807, 2.05) is 13.8 Å². The number of anilines is 3. The zero-order valence-corrected chi connectivity index (χ0v) is 9.95. The molecule has 90 valence electrons. The minimum absolute atomic E-state index is 0.150. The Hall–Kier alpha value is -1.56. The molecule has 0 aliphatic heterocycles. The van der Waals surface area contributed by atoms with Crippen LogP contribution in [0.4, 0.5) is 17.3 Å². The van der Waals surface area contributed by atoms with E-state index >= 15 is 0 Å². The Morgan fingerprint density at radius 2 is 2.12 bits per heavy atom. The van der Waals surface area contributed by atoms with Crippen molar-refractivity contribution >= 4 is 17.3 Å². The molecule has 0 aliphatic rings. The van der Waals surface area contributed by atoms with E-state index in [0.717, 1.165) is 6.54 Å². The number of methoxy groups -OCH3 is 1. The van der Waals surface area contributed by atoms with E-state index in [1.165, 1.54) is 6.33 Å². The summed E-state index contributed by atoms with van der Waals surface area (Å²) in [6.45, 7) is 5.36. The third-order valence-corrected chi connectivity index (χ3v) is 2.03. The Morgan fingerprint density at radius 1 is 1.44 bits per heavy atom. The molecule has 0 spiro atoms. The predicted molar refractivity (Wildman–Crippen MR) is 65.6 cm³/mol. The van der Waals surface area contributed by atoms with Crippen LogP contribution in [0, 0.1) is 0 Å². The van der Waals surface area contributed by atoms with Gasteiger partial charge in [0.15, 0.2) is 11.6 Å². The van der Waals surface area contributed by atoms with Gasteiger partial charge in [0.1, 0.15) is 12.0 Å². The van der Waals surface area contributed by atoms with Crippen LogP contribution in [0.15, 0.2) is 6.33 Å². The van der Waals surface area contributed by atoms with Gasteiger partial charge >= 0.3 is 0 Å². The van der Waals surface area contributed by atoms with Crippen molar-refractivity contribution in [3.63, 3.8) is 0 Å². The molecule has 6 heteroatoms. The van der Waals surface area contributed by atoms with E-state index in [2.05, 4.69) is 20.6 Å². The van der Waals surface area contributed by atoms with Gasteiger partial charge in [-0.3, -0.25) is 0 Å². The molecule has 0 bridgehead atoms. The lowest BCUT2D eigenvalue weighted by Crippen LogP contribution is -2.22. The molecule has 1 rings (SSSR count). The Morgan fingerprint density at radius 3 is 2.75 bits per heavy atom. The molecule has 0 fully saturated rings. The molecule has 16 heavy (non-hydrogen) atoms. The Bertz CT molecular complexity index is 331. The van der Waals surface area contributed by atoms with E-state index in [4.69, 9.17) is 10.5 Å². The van der Waals surface area contributed by atoms with Crippen LogP contribution in [-0.2, 0) is 4.74 Å². The first-order valence-corrected chi connectivity index (χ1v) is 5.28. The fraction of sp³-hybridized carbons (Fsp3) is 0.600. The molecular weight excluding hydrogens is 206 g/mol. The van der Waals surface area contributed by atoms with Gasteiger partial charge in [-0.1, -0.05) is 0 Å². The van der Waals surface area contributed by atoms with Crippen LogP contribution >= 0.6 is 0 Å². The molecule has 1 atom stereocenters. The van der Waals surface area contributed by atoms with Crippen molar-refractivity contribution in [1.29, 1.82) is 0 Å². The number of nitrogen functional groups attached to an aromatic ring is 1. The van der Waals surface area contributed by atoms with Gasteiger partial charge in [0.25, 0.3) is 0 Å². The van der Waals surface area contributed by atoms with Crippen molar-refractivity contribution in [2.24, 2.45) is 0 Å². The quantitative estimate of drug-likeness (QED) is 0.668. The van der Waals surface area contributed by atoms with Crippen LogP contribution in [0.2, 0.25) is 0 Å². The van der Waals surface area contributed by atoms with Gasteiger partial charge in [-0.2, -0.15) is 0 Å². The third kappa shape index (κ3) is 3.23. The smallest absolute Gasteiger partial charge is 0.155 e. The van der Waals surface area contributed by atoms with Gasteiger partial charge in [-0.05, 0) is 13.8 Å². The van der Waals surface area contributed by atoms with Crippen LogP contribution in [0.5, 0.6) is 0 Å². The lowest BCUT2D eigenvalue weighted by molar-refractivity contribution is 0.190. The van der Waals surface area contributed by atoms with Crippen molar-refractivity contribution in [2.45, 2.75) is 19.9 Å². The molecular formula is C10H19N5O. The molecule has 0 amide bonds. The highest BCUT2D eigenvalue weighted by molar-refractivity contribution is 5.74. The number of ether oxygens (including phenoxy) is 1. The first-order chi connectivity index (χ1) is 7.69. The van der Waals surface area contributed by atoms with Crippen molar-refractivity contribution < 1.29 is 4.74 Å². The SMILES string of the molecule is CCNc1ncnc(NC(C)COC)c1N. The lowest BCUT2D eigenvalue weighted by Gasteiger charge is -2.16. The number of hydrogen-bond acceptors (Lipinski definition) is 6. The van der Waals surface area contributed by atoms with Crippen LogP contribution in [0.1, 0.15) is 13.8 Å². The van der Waals surface area contributed by atoms with Crippen LogP contribution < -0.4 is 16.4 Å². The molecule has 1 aromatic rings. The van der Waals surface area contributed by atoms with Crippen LogP contribution in [-0.4, -0.2) is 36.3 Å². The highest BCUT2D eigenvalue weighted by atomic mass is 16.5. The molecule has 0 saturated carbocycles. The summed E-state index contributed by atoms with van der Waals surface area (Å²) in [5, 5.41) is 6.24. The van der Waals surface area contributed by atoms with E-state index in [9.17, 15) is 0 Å². The number of nitrogens with zero attached hydrogens (tertiary/aromatic N) is 2. The standard InChI is InChI=1S/C10H19N5O/c1-4-12-9-8(11)10(14-6-13-9)15-7(2)5-16-3/h6-7H,4-5,11H2,1-3H3,(H2,12,13,14,15). The Balaban J connectivity index is 2.76. The second-order valence-electron chi connectivity index (χ2n) is 3.52. The van der Waals surface area contributed by atoms with E-state index in [1.54, 1.807) is 7.11 Å². The average molecular weight is 225 g/mol. The topological polar surface area (TPSA) is 85.1 Å². The number of aromatic nitrogens is 2. The zero-order valence-electron chi connectivity index (χ0n) is 9.95. The first-order valence-electron chi connectivity index (χ1n) is 5.28. The normalized spacial score (nSPS) is 12.2. The largest absolute Gasteiger partial charge is 0.393 e. The summed E-state index contributed by atoms with van der Waals surface area (Å²) >= 11 is 0. The average Bonchev–Trinajstić information content (AvgIpc) is 2.24. The number of hydrogen-bond donors (Lipinski definition) is 3. The second-order valence-corrected chi connectivity index (χ2v) is 3.52. The Kier molecular flexibility index (Phi) is 4.78. The maximum Gasteiger partial charge on any atom is 0.155 e. The highest BCUT2D eigenvalue weighted by Gasteiger charge is 2.09. The molecule has 1 unspecified atom stereocenters. The molecule has 0 aliphatic carbocycles. The summed E-state index contributed by atoms with van der Waals surface area (Å²) in [4.78, 5) is 8.16. The van der Waals surface area contributed by atoms with Gasteiger partial charge < -0.3 is 21.1 Å². The summed E-state index contributed by atoms with van der Waals surface area (Å²) in [6.07, 6.45) is 1.48. The van der Waals surface area contributed by atoms with Crippen molar-refractivity contribution in [1.82, 2.24) is 9.97 Å². The van der Waals surface area contributed by atoms with Gasteiger partial charge in [0.2, 0.25) is 0 Å². The van der Waals surface area contributed by atoms with Crippen LogP contribution in [0.3, 0.4) is 0 Å². The van der Waals surface area contributed by atoms with Crippen molar-refractivity contribution in [3.8, 4) is 0 Å². The molecule has 6 nitrogen and oxygen atoms in total.